The maximum absolute atomic E-state index is 12.1. The van der Waals surface area contributed by atoms with Gasteiger partial charge in [-0.1, -0.05) is 19.1 Å². The quantitative estimate of drug-likeness (QED) is 0.898. The molecule has 0 aromatic heterocycles. The second kappa shape index (κ2) is 6.80. The number of aliphatic hydroxyl groups is 1. The Morgan fingerprint density at radius 3 is 3.09 bits per heavy atom. The average Bonchev–Trinajstić information content (AvgIpc) is 2.98. The van der Waals surface area contributed by atoms with E-state index in [9.17, 15) is 9.90 Å². The third kappa shape index (κ3) is 3.03. The van der Waals surface area contributed by atoms with Crippen LogP contribution in [0.1, 0.15) is 49.8 Å². The topological polar surface area (TPSA) is 52.6 Å². The summed E-state index contributed by atoms with van der Waals surface area (Å²) in [6, 6.07) is 6.12. The summed E-state index contributed by atoms with van der Waals surface area (Å²) in [5.74, 6) is 0.511. The van der Waals surface area contributed by atoms with E-state index in [4.69, 9.17) is 0 Å². The Bertz CT molecular complexity index is 538. The summed E-state index contributed by atoms with van der Waals surface area (Å²) < 4.78 is 0. The molecule has 2 heterocycles. The molecule has 2 aliphatic heterocycles. The number of benzene rings is 1. The van der Waals surface area contributed by atoms with Crippen LogP contribution in [0.2, 0.25) is 0 Å². The van der Waals surface area contributed by atoms with Gasteiger partial charge in [-0.05, 0) is 49.4 Å². The van der Waals surface area contributed by atoms with Crippen molar-refractivity contribution in [2.24, 2.45) is 5.92 Å². The zero-order chi connectivity index (χ0) is 15.5. The molecule has 4 heteroatoms. The van der Waals surface area contributed by atoms with Crippen molar-refractivity contribution in [1.29, 1.82) is 0 Å². The van der Waals surface area contributed by atoms with E-state index in [1.54, 1.807) is 0 Å². The van der Waals surface area contributed by atoms with Crippen LogP contribution in [0.4, 0.5) is 5.69 Å². The molecule has 0 saturated carbocycles. The van der Waals surface area contributed by atoms with Crippen LogP contribution in [0.25, 0.3) is 0 Å². The number of carbonyl (C=O) groups is 1. The highest BCUT2D eigenvalue weighted by Crippen LogP contribution is 2.34. The molecular weight excluding hydrogens is 276 g/mol. The fourth-order valence-corrected chi connectivity index (χ4v) is 3.63. The van der Waals surface area contributed by atoms with Crippen LogP contribution in [0.3, 0.4) is 0 Å². The standard InChI is InChI=1S/C18H26N2O2/c1-2-4-17(21)20-10-8-13-11-14(6-7-16(13)20)18(22)15-5-3-9-19-12-15/h6-7,11,15,18-19,22H,2-5,8-10,12H2,1H3. The molecule has 0 aliphatic carbocycles. The summed E-state index contributed by atoms with van der Waals surface area (Å²) in [7, 11) is 0. The molecule has 2 aliphatic rings. The molecule has 2 N–H and O–H groups in total. The van der Waals surface area contributed by atoms with E-state index in [2.05, 4.69) is 11.4 Å². The smallest absolute Gasteiger partial charge is 0.226 e. The molecule has 0 radical (unpaired) electrons. The average molecular weight is 302 g/mol. The lowest BCUT2D eigenvalue weighted by molar-refractivity contribution is -0.118. The largest absolute Gasteiger partial charge is 0.388 e. The molecule has 22 heavy (non-hydrogen) atoms. The van der Waals surface area contributed by atoms with E-state index in [1.165, 1.54) is 5.56 Å². The van der Waals surface area contributed by atoms with Crippen LogP contribution in [0.5, 0.6) is 0 Å². The van der Waals surface area contributed by atoms with Crippen LogP contribution < -0.4 is 10.2 Å². The molecule has 3 rings (SSSR count). The number of piperidine rings is 1. The number of nitrogens with one attached hydrogen (secondary N) is 1. The van der Waals surface area contributed by atoms with E-state index >= 15 is 0 Å². The van der Waals surface area contributed by atoms with E-state index in [1.807, 2.05) is 24.0 Å². The van der Waals surface area contributed by atoms with E-state index in [-0.39, 0.29) is 5.91 Å². The summed E-state index contributed by atoms with van der Waals surface area (Å²) in [6.07, 6.45) is 4.19. The first kappa shape index (κ1) is 15.5. The molecule has 1 aromatic rings. The predicted molar refractivity (Wildman–Crippen MR) is 88.0 cm³/mol. The number of carbonyl (C=O) groups excluding carboxylic acids is 1. The Morgan fingerprint density at radius 1 is 1.50 bits per heavy atom. The van der Waals surface area contributed by atoms with Gasteiger partial charge < -0.3 is 15.3 Å². The maximum Gasteiger partial charge on any atom is 0.226 e. The zero-order valence-electron chi connectivity index (χ0n) is 13.3. The highest BCUT2D eigenvalue weighted by atomic mass is 16.3. The second-order valence-electron chi connectivity index (χ2n) is 6.48. The summed E-state index contributed by atoms with van der Waals surface area (Å²) in [6.45, 7) is 4.76. The Hall–Kier alpha value is -1.39. The van der Waals surface area contributed by atoms with Gasteiger partial charge in [-0.15, -0.1) is 0 Å². The van der Waals surface area contributed by atoms with Gasteiger partial charge in [-0.3, -0.25) is 4.79 Å². The fourth-order valence-electron chi connectivity index (χ4n) is 3.63. The maximum atomic E-state index is 12.1. The molecule has 120 valence electrons. The molecular formula is C18H26N2O2. The number of fused-ring (bicyclic) bond motifs is 1. The first-order chi connectivity index (χ1) is 10.7. The summed E-state index contributed by atoms with van der Waals surface area (Å²) in [5.41, 5.74) is 3.23. The Morgan fingerprint density at radius 2 is 2.36 bits per heavy atom. The number of nitrogens with zero attached hydrogens (tertiary/aromatic N) is 1. The third-order valence-corrected chi connectivity index (χ3v) is 4.89. The molecule has 2 unspecified atom stereocenters. The van der Waals surface area contributed by atoms with Crippen molar-refractivity contribution in [1.82, 2.24) is 5.32 Å². The molecule has 0 bridgehead atoms. The van der Waals surface area contributed by atoms with Crippen LogP contribution in [-0.2, 0) is 11.2 Å². The van der Waals surface area contributed by atoms with Gasteiger partial charge in [-0.25, -0.2) is 0 Å². The zero-order valence-corrected chi connectivity index (χ0v) is 13.3. The normalized spacial score (nSPS) is 22.5. The number of hydrogen-bond donors (Lipinski definition) is 2. The van der Waals surface area contributed by atoms with E-state index in [0.717, 1.165) is 56.6 Å². The molecule has 1 amide bonds. The van der Waals surface area contributed by atoms with Gasteiger partial charge in [0.15, 0.2) is 0 Å². The van der Waals surface area contributed by atoms with Crippen LogP contribution in [0, 0.1) is 5.92 Å². The van der Waals surface area contributed by atoms with Crippen molar-refractivity contribution in [2.45, 2.75) is 45.1 Å². The number of hydrogen-bond acceptors (Lipinski definition) is 3. The molecule has 1 aromatic carbocycles. The van der Waals surface area contributed by atoms with Crippen molar-refractivity contribution < 1.29 is 9.90 Å². The fraction of sp³-hybridized carbons (Fsp3) is 0.611. The van der Waals surface area contributed by atoms with E-state index < -0.39 is 6.10 Å². The van der Waals surface area contributed by atoms with Crippen molar-refractivity contribution in [3.8, 4) is 0 Å². The van der Waals surface area contributed by atoms with Crippen molar-refractivity contribution >= 4 is 11.6 Å². The Kier molecular flexibility index (Phi) is 4.79. The van der Waals surface area contributed by atoms with Gasteiger partial charge in [0.1, 0.15) is 0 Å². The van der Waals surface area contributed by atoms with Gasteiger partial charge >= 0.3 is 0 Å². The van der Waals surface area contributed by atoms with Crippen LogP contribution in [-0.4, -0.2) is 30.6 Å². The molecule has 1 fully saturated rings. The lowest BCUT2D eigenvalue weighted by Crippen LogP contribution is -2.33. The highest BCUT2D eigenvalue weighted by Gasteiger charge is 2.27. The first-order valence-corrected chi connectivity index (χ1v) is 8.52. The number of aliphatic hydroxyl groups excluding tert-OH is 1. The van der Waals surface area contributed by atoms with Gasteiger partial charge in [0.2, 0.25) is 5.91 Å². The molecule has 1 saturated heterocycles. The molecule has 0 spiro atoms. The molecule has 2 atom stereocenters. The number of rotatable bonds is 4. The second-order valence-corrected chi connectivity index (χ2v) is 6.48. The highest BCUT2D eigenvalue weighted by molar-refractivity contribution is 5.95. The Labute approximate surface area is 132 Å². The monoisotopic (exact) mass is 302 g/mol. The lowest BCUT2D eigenvalue weighted by Gasteiger charge is -2.28. The van der Waals surface area contributed by atoms with Crippen LogP contribution in [0.15, 0.2) is 18.2 Å². The Balaban J connectivity index is 1.76. The van der Waals surface area contributed by atoms with Crippen LogP contribution >= 0.6 is 0 Å². The van der Waals surface area contributed by atoms with Gasteiger partial charge in [-0.2, -0.15) is 0 Å². The lowest BCUT2D eigenvalue weighted by atomic mass is 9.88. The predicted octanol–water partition coefficient (Wildman–Crippen LogP) is 2.41. The molecule has 4 nitrogen and oxygen atoms in total. The summed E-state index contributed by atoms with van der Waals surface area (Å²) >= 11 is 0. The first-order valence-electron chi connectivity index (χ1n) is 8.52. The van der Waals surface area contributed by atoms with Gasteiger partial charge in [0.05, 0.1) is 6.10 Å². The van der Waals surface area contributed by atoms with Gasteiger partial charge in [0.25, 0.3) is 0 Å². The third-order valence-electron chi connectivity index (χ3n) is 4.89. The number of amides is 1. The summed E-state index contributed by atoms with van der Waals surface area (Å²) in [5, 5.41) is 14.0. The minimum atomic E-state index is -0.404. The minimum Gasteiger partial charge on any atom is -0.388 e. The van der Waals surface area contributed by atoms with Gasteiger partial charge in [0, 0.05) is 31.1 Å². The SMILES string of the molecule is CCCC(=O)N1CCc2cc(C(O)C3CCCNC3)ccc21. The number of anilines is 1. The van der Waals surface area contributed by atoms with Crippen molar-refractivity contribution in [3.05, 3.63) is 29.3 Å². The van der Waals surface area contributed by atoms with Crippen molar-refractivity contribution in [2.75, 3.05) is 24.5 Å². The van der Waals surface area contributed by atoms with E-state index in [0.29, 0.717) is 12.3 Å². The van der Waals surface area contributed by atoms with Crippen molar-refractivity contribution in [3.63, 3.8) is 0 Å². The summed E-state index contributed by atoms with van der Waals surface area (Å²) in [4.78, 5) is 14.0. The minimum absolute atomic E-state index is 0.214.